The minimum atomic E-state index is -3.54. The molecule has 0 aliphatic carbocycles. The molecule has 1 aromatic carbocycles. The Balaban J connectivity index is 0.000000606. The highest BCUT2D eigenvalue weighted by atomic mass is 19.3. The standard InChI is InChI=1S/C9H9F2NO2.C2H6/c10-9(11)13-7-2-1-6(3-4-12)5-8(7)14-9;1-2/h1-2,5H,3-4,12H2;1-2H3. The summed E-state index contributed by atoms with van der Waals surface area (Å²) in [4.78, 5) is 0. The van der Waals surface area contributed by atoms with Crippen LogP contribution in [0.1, 0.15) is 19.4 Å². The summed E-state index contributed by atoms with van der Waals surface area (Å²) in [6.07, 6.45) is -2.91. The third kappa shape index (κ3) is 2.82. The molecule has 0 amide bonds. The number of hydrogen-bond acceptors (Lipinski definition) is 3. The van der Waals surface area contributed by atoms with Gasteiger partial charge in [-0.25, -0.2) is 0 Å². The van der Waals surface area contributed by atoms with Crippen molar-refractivity contribution < 1.29 is 18.3 Å². The van der Waals surface area contributed by atoms with Gasteiger partial charge in [-0.3, -0.25) is 0 Å². The van der Waals surface area contributed by atoms with Gasteiger partial charge in [-0.1, -0.05) is 19.9 Å². The van der Waals surface area contributed by atoms with Crippen LogP contribution in [0, 0.1) is 0 Å². The third-order valence-electron chi connectivity index (χ3n) is 1.90. The molecule has 1 aliphatic heterocycles. The summed E-state index contributed by atoms with van der Waals surface area (Å²) in [6, 6.07) is 4.67. The number of hydrogen-bond donors (Lipinski definition) is 1. The van der Waals surface area contributed by atoms with E-state index in [2.05, 4.69) is 9.47 Å². The minimum Gasteiger partial charge on any atom is -0.395 e. The maximum absolute atomic E-state index is 12.6. The van der Waals surface area contributed by atoms with Crippen molar-refractivity contribution in [2.24, 2.45) is 5.73 Å². The lowest BCUT2D eigenvalue weighted by molar-refractivity contribution is -0.286. The van der Waals surface area contributed by atoms with Gasteiger partial charge in [-0.05, 0) is 30.7 Å². The average Bonchev–Trinajstić information content (AvgIpc) is 2.55. The van der Waals surface area contributed by atoms with Gasteiger partial charge in [0.1, 0.15) is 0 Å². The van der Waals surface area contributed by atoms with E-state index in [-0.39, 0.29) is 11.5 Å². The van der Waals surface area contributed by atoms with E-state index in [9.17, 15) is 8.78 Å². The Morgan fingerprint density at radius 2 is 1.81 bits per heavy atom. The van der Waals surface area contributed by atoms with E-state index in [0.29, 0.717) is 13.0 Å². The van der Waals surface area contributed by atoms with Crippen LogP contribution in [-0.2, 0) is 6.42 Å². The summed E-state index contributed by atoms with van der Waals surface area (Å²) >= 11 is 0. The van der Waals surface area contributed by atoms with Gasteiger partial charge in [0.15, 0.2) is 11.5 Å². The molecular formula is C11H15F2NO2. The van der Waals surface area contributed by atoms with Gasteiger partial charge in [-0.2, -0.15) is 0 Å². The van der Waals surface area contributed by atoms with Crippen LogP contribution in [0.5, 0.6) is 11.5 Å². The molecule has 0 radical (unpaired) electrons. The zero-order valence-electron chi connectivity index (χ0n) is 9.30. The van der Waals surface area contributed by atoms with Gasteiger partial charge in [0.2, 0.25) is 0 Å². The summed E-state index contributed by atoms with van der Waals surface area (Å²) in [7, 11) is 0. The molecule has 1 aromatic rings. The molecule has 1 aliphatic rings. The molecule has 0 aromatic heterocycles. The lowest BCUT2D eigenvalue weighted by Crippen LogP contribution is -2.25. The quantitative estimate of drug-likeness (QED) is 0.850. The Kier molecular flexibility index (Phi) is 4.06. The first-order valence-corrected chi connectivity index (χ1v) is 5.19. The van der Waals surface area contributed by atoms with E-state index in [1.54, 1.807) is 6.07 Å². The predicted molar refractivity (Wildman–Crippen MR) is 56.8 cm³/mol. The highest BCUT2D eigenvalue weighted by molar-refractivity contribution is 5.45. The van der Waals surface area contributed by atoms with Crippen molar-refractivity contribution in [3.8, 4) is 11.5 Å². The summed E-state index contributed by atoms with van der Waals surface area (Å²) in [5, 5.41) is 0. The lowest BCUT2D eigenvalue weighted by atomic mass is 10.1. The van der Waals surface area contributed by atoms with Crippen molar-refractivity contribution in [3.05, 3.63) is 23.8 Å². The van der Waals surface area contributed by atoms with Crippen molar-refractivity contribution in [2.45, 2.75) is 26.6 Å². The first-order chi connectivity index (χ1) is 7.61. The largest absolute Gasteiger partial charge is 0.586 e. The summed E-state index contributed by atoms with van der Waals surface area (Å²) in [5.74, 6) is 0.136. The van der Waals surface area contributed by atoms with Crippen LogP contribution in [0.2, 0.25) is 0 Å². The van der Waals surface area contributed by atoms with E-state index in [4.69, 9.17) is 5.73 Å². The van der Waals surface area contributed by atoms with Crippen LogP contribution >= 0.6 is 0 Å². The fourth-order valence-corrected chi connectivity index (χ4v) is 1.32. The molecule has 1 heterocycles. The normalized spacial score (nSPS) is 15.3. The maximum atomic E-state index is 12.6. The number of benzene rings is 1. The molecule has 0 unspecified atom stereocenters. The molecule has 0 saturated carbocycles. The molecule has 16 heavy (non-hydrogen) atoms. The van der Waals surface area contributed by atoms with Crippen LogP contribution < -0.4 is 15.2 Å². The topological polar surface area (TPSA) is 44.5 Å². The van der Waals surface area contributed by atoms with Gasteiger partial charge < -0.3 is 15.2 Å². The van der Waals surface area contributed by atoms with Crippen molar-refractivity contribution in [3.63, 3.8) is 0 Å². The first-order valence-electron chi connectivity index (χ1n) is 5.19. The van der Waals surface area contributed by atoms with Gasteiger partial charge in [-0.15, -0.1) is 8.78 Å². The Morgan fingerprint density at radius 3 is 2.44 bits per heavy atom. The molecule has 0 saturated heterocycles. The SMILES string of the molecule is CC.NCCc1ccc2c(c1)OC(F)(F)O2. The van der Waals surface area contributed by atoms with E-state index < -0.39 is 6.29 Å². The third-order valence-corrected chi connectivity index (χ3v) is 1.90. The second-order valence-electron chi connectivity index (χ2n) is 2.99. The van der Waals surface area contributed by atoms with Crippen LogP contribution in [0.15, 0.2) is 18.2 Å². The zero-order chi connectivity index (χ0) is 12.2. The van der Waals surface area contributed by atoms with E-state index in [0.717, 1.165) is 5.56 Å². The van der Waals surface area contributed by atoms with E-state index in [1.807, 2.05) is 13.8 Å². The number of fused-ring (bicyclic) bond motifs is 1. The van der Waals surface area contributed by atoms with Gasteiger partial charge in [0.25, 0.3) is 0 Å². The van der Waals surface area contributed by atoms with Crippen molar-refractivity contribution in [1.29, 1.82) is 0 Å². The number of alkyl halides is 2. The summed E-state index contributed by atoms with van der Waals surface area (Å²) in [6.45, 7) is 4.47. The van der Waals surface area contributed by atoms with Crippen LogP contribution in [0.25, 0.3) is 0 Å². The number of nitrogens with two attached hydrogens (primary N) is 1. The maximum Gasteiger partial charge on any atom is 0.586 e. The van der Waals surface area contributed by atoms with Crippen LogP contribution in [0.3, 0.4) is 0 Å². The molecule has 0 atom stereocenters. The Labute approximate surface area is 93.2 Å². The van der Waals surface area contributed by atoms with Crippen LogP contribution in [0.4, 0.5) is 8.78 Å². The van der Waals surface area contributed by atoms with Crippen molar-refractivity contribution >= 4 is 0 Å². The Hall–Kier alpha value is -1.36. The fourth-order valence-electron chi connectivity index (χ4n) is 1.32. The minimum absolute atomic E-state index is 0.0655. The highest BCUT2D eigenvalue weighted by Gasteiger charge is 2.43. The molecule has 2 N–H and O–H groups in total. The number of ether oxygens (including phenoxy) is 2. The summed E-state index contributed by atoms with van der Waals surface area (Å²) < 4.78 is 33.7. The highest BCUT2D eigenvalue weighted by Crippen LogP contribution is 2.41. The smallest absolute Gasteiger partial charge is 0.395 e. The molecule has 90 valence electrons. The van der Waals surface area contributed by atoms with Crippen molar-refractivity contribution in [1.82, 2.24) is 0 Å². The second-order valence-corrected chi connectivity index (χ2v) is 2.99. The van der Waals surface area contributed by atoms with E-state index >= 15 is 0 Å². The van der Waals surface area contributed by atoms with Gasteiger partial charge in [0.05, 0.1) is 0 Å². The second kappa shape index (κ2) is 5.12. The monoisotopic (exact) mass is 231 g/mol. The fraction of sp³-hybridized carbons (Fsp3) is 0.455. The lowest BCUT2D eigenvalue weighted by Gasteiger charge is -2.04. The molecule has 0 bridgehead atoms. The zero-order valence-corrected chi connectivity index (χ0v) is 9.30. The Morgan fingerprint density at radius 1 is 1.19 bits per heavy atom. The van der Waals surface area contributed by atoms with E-state index in [1.165, 1.54) is 12.1 Å². The molecule has 0 spiro atoms. The average molecular weight is 231 g/mol. The molecule has 0 fully saturated rings. The molecule has 2 rings (SSSR count). The molecule has 5 heteroatoms. The first kappa shape index (κ1) is 12.7. The molecule has 3 nitrogen and oxygen atoms in total. The van der Waals surface area contributed by atoms with Gasteiger partial charge in [0, 0.05) is 0 Å². The molecular weight excluding hydrogens is 216 g/mol. The Bertz CT molecular complexity index is 356. The summed E-state index contributed by atoms with van der Waals surface area (Å²) in [5.41, 5.74) is 6.19. The van der Waals surface area contributed by atoms with Crippen molar-refractivity contribution in [2.75, 3.05) is 6.54 Å². The van der Waals surface area contributed by atoms with Crippen LogP contribution in [-0.4, -0.2) is 12.8 Å². The van der Waals surface area contributed by atoms with Gasteiger partial charge >= 0.3 is 6.29 Å². The number of rotatable bonds is 2. The number of halogens is 2. The predicted octanol–water partition coefficient (Wildman–Crippen LogP) is 2.54.